The Bertz CT molecular complexity index is 336. The van der Waals surface area contributed by atoms with Crippen molar-refractivity contribution in [1.82, 2.24) is 15.1 Å². The molecule has 0 saturated carbocycles. The van der Waals surface area contributed by atoms with Crippen LogP contribution in [0.25, 0.3) is 0 Å². The molecule has 5 nitrogen and oxygen atoms in total. The number of methoxy groups -OCH3 is 1. The number of rotatable bonds is 6. The van der Waals surface area contributed by atoms with E-state index in [1.807, 2.05) is 20.9 Å². The van der Waals surface area contributed by atoms with E-state index in [1.165, 1.54) is 0 Å². The first-order chi connectivity index (χ1) is 7.60. The van der Waals surface area contributed by atoms with E-state index in [0.29, 0.717) is 13.1 Å². The van der Waals surface area contributed by atoms with Crippen molar-refractivity contribution in [1.29, 1.82) is 0 Å². The molecule has 0 amide bonds. The number of aryl methyl sites for hydroxylation is 2. The Kier molecular flexibility index (Phi) is 4.76. The maximum atomic E-state index is 9.42. The summed E-state index contributed by atoms with van der Waals surface area (Å²) in [7, 11) is 3.50. The summed E-state index contributed by atoms with van der Waals surface area (Å²) in [6.45, 7) is 5.17. The van der Waals surface area contributed by atoms with Crippen molar-refractivity contribution in [3.63, 3.8) is 0 Å². The van der Waals surface area contributed by atoms with Crippen molar-refractivity contribution in [3.05, 3.63) is 11.3 Å². The Morgan fingerprint density at radius 1 is 1.56 bits per heavy atom. The van der Waals surface area contributed by atoms with Gasteiger partial charge in [-0.15, -0.1) is 0 Å². The van der Waals surface area contributed by atoms with Crippen LogP contribution in [0, 0.1) is 6.92 Å². The monoisotopic (exact) mass is 227 g/mol. The highest BCUT2D eigenvalue weighted by Crippen LogP contribution is 2.20. The Morgan fingerprint density at radius 3 is 2.81 bits per heavy atom. The molecule has 0 aliphatic heterocycles. The molecule has 5 heteroatoms. The standard InChI is InChI=1S/C11H21N3O2/c1-5-9(15)6-12-7-10-8(2)13-14(3)11(10)16-4/h9,12,15H,5-7H2,1-4H3. The Hall–Kier alpha value is -1.07. The van der Waals surface area contributed by atoms with Crippen molar-refractivity contribution in [2.75, 3.05) is 13.7 Å². The number of aromatic nitrogens is 2. The van der Waals surface area contributed by atoms with Crippen LogP contribution in [-0.4, -0.2) is 34.6 Å². The highest BCUT2D eigenvalue weighted by atomic mass is 16.5. The highest BCUT2D eigenvalue weighted by molar-refractivity contribution is 5.30. The number of nitrogens with zero attached hydrogens (tertiary/aromatic N) is 2. The zero-order chi connectivity index (χ0) is 12.1. The van der Waals surface area contributed by atoms with Crippen LogP contribution in [0.3, 0.4) is 0 Å². The Balaban J connectivity index is 2.59. The molecule has 1 heterocycles. The average molecular weight is 227 g/mol. The molecule has 0 spiro atoms. The molecule has 92 valence electrons. The second-order valence-corrected chi connectivity index (χ2v) is 3.89. The smallest absolute Gasteiger partial charge is 0.216 e. The van der Waals surface area contributed by atoms with E-state index in [1.54, 1.807) is 11.8 Å². The summed E-state index contributed by atoms with van der Waals surface area (Å²) in [6, 6.07) is 0. The van der Waals surface area contributed by atoms with Crippen molar-refractivity contribution in [2.24, 2.45) is 7.05 Å². The fourth-order valence-corrected chi connectivity index (χ4v) is 1.65. The van der Waals surface area contributed by atoms with E-state index < -0.39 is 0 Å². The number of ether oxygens (including phenoxy) is 1. The molecule has 1 unspecified atom stereocenters. The Morgan fingerprint density at radius 2 is 2.25 bits per heavy atom. The molecule has 0 aromatic carbocycles. The van der Waals surface area contributed by atoms with Gasteiger partial charge in [0.2, 0.25) is 5.88 Å². The van der Waals surface area contributed by atoms with Gasteiger partial charge in [-0.2, -0.15) is 5.10 Å². The average Bonchev–Trinajstić information content (AvgIpc) is 2.53. The predicted molar refractivity (Wildman–Crippen MR) is 62.5 cm³/mol. The molecule has 0 saturated heterocycles. The summed E-state index contributed by atoms with van der Waals surface area (Å²) in [4.78, 5) is 0. The van der Waals surface area contributed by atoms with Gasteiger partial charge in [0, 0.05) is 20.1 Å². The first kappa shape index (κ1) is 13.0. The van der Waals surface area contributed by atoms with Gasteiger partial charge in [-0.3, -0.25) is 0 Å². The SMILES string of the molecule is CCC(O)CNCc1c(C)nn(C)c1OC. The summed E-state index contributed by atoms with van der Waals surface area (Å²) >= 11 is 0. The zero-order valence-corrected chi connectivity index (χ0v) is 10.4. The Labute approximate surface area is 96.4 Å². The topological polar surface area (TPSA) is 59.3 Å². The number of hydrogen-bond donors (Lipinski definition) is 2. The van der Waals surface area contributed by atoms with Gasteiger partial charge in [0.15, 0.2) is 0 Å². The van der Waals surface area contributed by atoms with Gasteiger partial charge in [-0.1, -0.05) is 6.92 Å². The van der Waals surface area contributed by atoms with Crippen LogP contribution in [0.15, 0.2) is 0 Å². The van der Waals surface area contributed by atoms with E-state index in [0.717, 1.165) is 23.6 Å². The molecule has 0 radical (unpaired) electrons. The van der Waals surface area contributed by atoms with Gasteiger partial charge in [0.1, 0.15) is 0 Å². The minimum absolute atomic E-state index is 0.289. The molecule has 0 bridgehead atoms. The highest BCUT2D eigenvalue weighted by Gasteiger charge is 2.13. The minimum Gasteiger partial charge on any atom is -0.481 e. The minimum atomic E-state index is -0.289. The third-order valence-corrected chi connectivity index (χ3v) is 2.64. The maximum Gasteiger partial charge on any atom is 0.216 e. The van der Waals surface area contributed by atoms with Gasteiger partial charge in [-0.05, 0) is 13.3 Å². The van der Waals surface area contributed by atoms with Crippen LogP contribution in [0.5, 0.6) is 5.88 Å². The lowest BCUT2D eigenvalue weighted by molar-refractivity contribution is 0.167. The van der Waals surface area contributed by atoms with E-state index in [4.69, 9.17) is 4.74 Å². The largest absolute Gasteiger partial charge is 0.481 e. The van der Waals surface area contributed by atoms with Crippen molar-refractivity contribution < 1.29 is 9.84 Å². The second-order valence-electron chi connectivity index (χ2n) is 3.89. The van der Waals surface area contributed by atoms with E-state index >= 15 is 0 Å². The summed E-state index contributed by atoms with van der Waals surface area (Å²) < 4.78 is 7.00. The van der Waals surface area contributed by atoms with Crippen molar-refractivity contribution in [2.45, 2.75) is 32.9 Å². The predicted octanol–water partition coefficient (Wildman–Crippen LogP) is 0.598. The van der Waals surface area contributed by atoms with E-state index in [9.17, 15) is 5.11 Å². The molecule has 1 aromatic heterocycles. The van der Waals surface area contributed by atoms with Gasteiger partial charge >= 0.3 is 0 Å². The summed E-state index contributed by atoms with van der Waals surface area (Å²) in [6.07, 6.45) is 0.471. The molecule has 1 rings (SSSR count). The molecule has 1 atom stereocenters. The summed E-state index contributed by atoms with van der Waals surface area (Å²) in [5.41, 5.74) is 2.01. The molecule has 0 fully saturated rings. The maximum absolute atomic E-state index is 9.42. The first-order valence-corrected chi connectivity index (χ1v) is 5.55. The third-order valence-electron chi connectivity index (χ3n) is 2.64. The molecule has 2 N–H and O–H groups in total. The number of nitrogens with one attached hydrogen (secondary N) is 1. The number of aliphatic hydroxyl groups is 1. The molecule has 16 heavy (non-hydrogen) atoms. The fraction of sp³-hybridized carbons (Fsp3) is 0.727. The van der Waals surface area contributed by atoms with Crippen LogP contribution in [0.2, 0.25) is 0 Å². The fourth-order valence-electron chi connectivity index (χ4n) is 1.65. The lowest BCUT2D eigenvalue weighted by Crippen LogP contribution is -2.26. The van der Waals surface area contributed by atoms with Crippen molar-refractivity contribution >= 4 is 0 Å². The lowest BCUT2D eigenvalue weighted by atomic mass is 10.2. The van der Waals surface area contributed by atoms with Gasteiger partial charge in [0.25, 0.3) is 0 Å². The third kappa shape index (κ3) is 2.96. The normalized spacial score (nSPS) is 12.8. The van der Waals surface area contributed by atoms with Gasteiger partial charge < -0.3 is 15.2 Å². The van der Waals surface area contributed by atoms with Gasteiger partial charge in [0.05, 0.1) is 24.5 Å². The van der Waals surface area contributed by atoms with Crippen LogP contribution in [0.4, 0.5) is 0 Å². The van der Waals surface area contributed by atoms with Crippen molar-refractivity contribution in [3.8, 4) is 5.88 Å². The molecular weight excluding hydrogens is 206 g/mol. The first-order valence-electron chi connectivity index (χ1n) is 5.55. The second kappa shape index (κ2) is 5.86. The molecule has 0 aliphatic carbocycles. The van der Waals surface area contributed by atoms with E-state index in [-0.39, 0.29) is 6.10 Å². The summed E-state index contributed by atoms with van der Waals surface area (Å²) in [5, 5.41) is 16.9. The zero-order valence-electron chi connectivity index (χ0n) is 10.4. The summed E-state index contributed by atoms with van der Waals surface area (Å²) in [5.74, 6) is 0.774. The van der Waals surface area contributed by atoms with Gasteiger partial charge in [-0.25, -0.2) is 4.68 Å². The van der Waals surface area contributed by atoms with Crippen LogP contribution in [-0.2, 0) is 13.6 Å². The molecular formula is C11H21N3O2. The molecule has 0 aliphatic rings. The van der Waals surface area contributed by atoms with Crippen LogP contribution >= 0.6 is 0 Å². The van der Waals surface area contributed by atoms with E-state index in [2.05, 4.69) is 10.4 Å². The number of aliphatic hydroxyl groups excluding tert-OH is 1. The molecule has 1 aromatic rings. The quantitative estimate of drug-likeness (QED) is 0.747. The van der Waals surface area contributed by atoms with Crippen LogP contribution in [0.1, 0.15) is 24.6 Å². The van der Waals surface area contributed by atoms with Crippen LogP contribution < -0.4 is 10.1 Å². The lowest BCUT2D eigenvalue weighted by Gasteiger charge is -2.10. The number of hydrogen-bond acceptors (Lipinski definition) is 4.